The van der Waals surface area contributed by atoms with E-state index in [9.17, 15) is 4.79 Å². The van der Waals surface area contributed by atoms with Crippen LogP contribution in [0.25, 0.3) is 0 Å². The van der Waals surface area contributed by atoms with Gasteiger partial charge in [0.15, 0.2) is 0 Å². The zero-order chi connectivity index (χ0) is 12.1. The van der Waals surface area contributed by atoms with Gasteiger partial charge >= 0.3 is 5.97 Å². The van der Waals surface area contributed by atoms with Gasteiger partial charge < -0.3 is 16.2 Å². The first-order valence-corrected chi connectivity index (χ1v) is 5.31. The third kappa shape index (κ3) is 3.24. The topological polar surface area (TPSA) is 75.3 Å². The summed E-state index contributed by atoms with van der Waals surface area (Å²) in [5, 5.41) is 11.9. The molecule has 0 heterocycles. The Kier molecular flexibility index (Phi) is 4.31. The molecule has 1 aromatic rings. The van der Waals surface area contributed by atoms with Gasteiger partial charge in [0.05, 0.1) is 0 Å². The van der Waals surface area contributed by atoms with Gasteiger partial charge in [-0.2, -0.15) is 0 Å². The monoisotopic (exact) mass is 222 g/mol. The first-order chi connectivity index (χ1) is 7.52. The molecule has 0 saturated heterocycles. The number of aryl methyl sites for hydroxylation is 2. The summed E-state index contributed by atoms with van der Waals surface area (Å²) >= 11 is 0. The van der Waals surface area contributed by atoms with E-state index in [4.69, 9.17) is 10.8 Å². The lowest BCUT2D eigenvalue weighted by atomic mass is 10.1. The molecule has 0 bridgehead atoms. The van der Waals surface area contributed by atoms with E-state index in [0.717, 1.165) is 16.8 Å². The van der Waals surface area contributed by atoms with Crippen LogP contribution in [0.5, 0.6) is 0 Å². The number of para-hydroxylation sites is 1. The number of hydrogen-bond donors (Lipinski definition) is 3. The van der Waals surface area contributed by atoms with Gasteiger partial charge in [0.2, 0.25) is 0 Å². The van der Waals surface area contributed by atoms with Crippen molar-refractivity contribution in [2.75, 3.05) is 11.9 Å². The van der Waals surface area contributed by atoms with Gasteiger partial charge in [-0.3, -0.25) is 4.79 Å². The average Bonchev–Trinajstić information content (AvgIpc) is 2.22. The molecule has 4 nitrogen and oxygen atoms in total. The Morgan fingerprint density at radius 1 is 1.44 bits per heavy atom. The Morgan fingerprint density at radius 2 is 2.00 bits per heavy atom. The first kappa shape index (κ1) is 12.5. The van der Waals surface area contributed by atoms with E-state index in [1.807, 2.05) is 32.0 Å². The second kappa shape index (κ2) is 5.51. The molecule has 0 aliphatic heterocycles. The molecular weight excluding hydrogens is 204 g/mol. The number of carboxylic acids is 1. The molecule has 1 aromatic carbocycles. The Hall–Kier alpha value is -1.55. The molecule has 0 amide bonds. The summed E-state index contributed by atoms with van der Waals surface area (Å²) < 4.78 is 0. The summed E-state index contributed by atoms with van der Waals surface area (Å²) in [5.74, 6) is -0.955. The molecule has 16 heavy (non-hydrogen) atoms. The predicted molar refractivity (Wildman–Crippen MR) is 64.6 cm³/mol. The number of carboxylic acid groups (broad SMARTS) is 1. The van der Waals surface area contributed by atoms with Crippen LogP contribution < -0.4 is 11.1 Å². The van der Waals surface area contributed by atoms with Crippen LogP contribution in [0.2, 0.25) is 0 Å². The molecule has 0 fully saturated rings. The second-order valence-corrected chi connectivity index (χ2v) is 3.93. The number of nitrogens with one attached hydrogen (secondary N) is 1. The molecule has 0 spiro atoms. The zero-order valence-corrected chi connectivity index (χ0v) is 9.66. The van der Waals surface area contributed by atoms with Crippen molar-refractivity contribution < 1.29 is 9.90 Å². The Morgan fingerprint density at radius 3 is 2.50 bits per heavy atom. The van der Waals surface area contributed by atoms with Crippen molar-refractivity contribution in [3.8, 4) is 0 Å². The van der Waals surface area contributed by atoms with E-state index < -0.39 is 12.0 Å². The molecule has 1 atom stereocenters. The highest BCUT2D eigenvalue weighted by atomic mass is 16.4. The molecule has 1 unspecified atom stereocenters. The van der Waals surface area contributed by atoms with Crippen LogP contribution in [-0.2, 0) is 4.79 Å². The van der Waals surface area contributed by atoms with Crippen molar-refractivity contribution in [1.82, 2.24) is 0 Å². The quantitative estimate of drug-likeness (QED) is 0.706. The van der Waals surface area contributed by atoms with Crippen molar-refractivity contribution >= 4 is 11.7 Å². The number of carbonyl (C=O) groups is 1. The van der Waals surface area contributed by atoms with Gasteiger partial charge in [-0.25, -0.2) is 0 Å². The van der Waals surface area contributed by atoms with E-state index >= 15 is 0 Å². The van der Waals surface area contributed by atoms with Gasteiger partial charge in [-0.1, -0.05) is 18.2 Å². The molecule has 0 saturated carbocycles. The molecular formula is C12H18N2O2. The normalized spacial score (nSPS) is 12.2. The van der Waals surface area contributed by atoms with Gasteiger partial charge in [0.1, 0.15) is 6.04 Å². The van der Waals surface area contributed by atoms with Crippen molar-refractivity contribution in [3.05, 3.63) is 29.3 Å². The lowest BCUT2D eigenvalue weighted by molar-refractivity contribution is -0.138. The molecule has 0 aliphatic rings. The first-order valence-electron chi connectivity index (χ1n) is 5.31. The van der Waals surface area contributed by atoms with Crippen molar-refractivity contribution in [1.29, 1.82) is 0 Å². The fourth-order valence-electron chi connectivity index (χ4n) is 1.57. The largest absolute Gasteiger partial charge is 0.480 e. The molecule has 88 valence electrons. The minimum atomic E-state index is -0.955. The van der Waals surface area contributed by atoms with E-state index in [1.165, 1.54) is 0 Å². The minimum absolute atomic E-state index is 0.420. The maximum Gasteiger partial charge on any atom is 0.320 e. The highest BCUT2D eigenvalue weighted by molar-refractivity contribution is 5.73. The van der Waals surface area contributed by atoms with Gasteiger partial charge in [-0.15, -0.1) is 0 Å². The highest BCUT2D eigenvalue weighted by Crippen LogP contribution is 2.19. The van der Waals surface area contributed by atoms with E-state index in [0.29, 0.717) is 13.0 Å². The summed E-state index contributed by atoms with van der Waals surface area (Å²) in [6.07, 6.45) is 0.420. The fourth-order valence-corrected chi connectivity index (χ4v) is 1.57. The maximum atomic E-state index is 10.5. The van der Waals surface area contributed by atoms with Gasteiger partial charge in [0, 0.05) is 12.2 Å². The molecule has 4 N–H and O–H groups in total. The lowest BCUT2D eigenvalue weighted by Crippen LogP contribution is -2.32. The van der Waals surface area contributed by atoms with Gasteiger partial charge in [0.25, 0.3) is 0 Å². The molecule has 0 aromatic heterocycles. The predicted octanol–water partition coefficient (Wildman–Crippen LogP) is 1.52. The van der Waals surface area contributed by atoms with E-state index in [1.54, 1.807) is 0 Å². The van der Waals surface area contributed by atoms with Crippen molar-refractivity contribution in [2.45, 2.75) is 26.3 Å². The second-order valence-electron chi connectivity index (χ2n) is 3.93. The molecule has 0 radical (unpaired) electrons. The standard InChI is InChI=1S/C12H18N2O2/c1-8-4-3-5-9(2)11(8)14-7-6-10(13)12(15)16/h3-5,10,14H,6-7,13H2,1-2H3,(H,15,16). The minimum Gasteiger partial charge on any atom is -0.480 e. The number of nitrogens with two attached hydrogens (primary N) is 1. The van der Waals surface area contributed by atoms with Crippen LogP contribution in [0.3, 0.4) is 0 Å². The zero-order valence-electron chi connectivity index (χ0n) is 9.66. The summed E-state index contributed by atoms with van der Waals surface area (Å²) in [4.78, 5) is 10.5. The Balaban J connectivity index is 2.52. The van der Waals surface area contributed by atoms with Crippen LogP contribution in [0.4, 0.5) is 5.69 Å². The van der Waals surface area contributed by atoms with Crippen LogP contribution in [0.1, 0.15) is 17.5 Å². The molecule has 0 aliphatic carbocycles. The molecule has 4 heteroatoms. The van der Waals surface area contributed by atoms with Crippen molar-refractivity contribution in [2.24, 2.45) is 5.73 Å². The van der Waals surface area contributed by atoms with Gasteiger partial charge in [-0.05, 0) is 31.4 Å². The highest BCUT2D eigenvalue weighted by Gasteiger charge is 2.10. The van der Waals surface area contributed by atoms with Crippen LogP contribution in [0, 0.1) is 13.8 Å². The SMILES string of the molecule is Cc1cccc(C)c1NCCC(N)C(=O)O. The number of benzene rings is 1. The summed E-state index contributed by atoms with van der Waals surface area (Å²) in [5.41, 5.74) is 8.80. The summed E-state index contributed by atoms with van der Waals surface area (Å²) in [6, 6.07) is 5.24. The third-order valence-corrected chi connectivity index (χ3v) is 2.56. The summed E-state index contributed by atoms with van der Waals surface area (Å²) in [6.45, 7) is 4.61. The maximum absolute atomic E-state index is 10.5. The Bertz CT molecular complexity index is 357. The van der Waals surface area contributed by atoms with Crippen molar-refractivity contribution in [3.63, 3.8) is 0 Å². The number of rotatable bonds is 5. The number of hydrogen-bond acceptors (Lipinski definition) is 3. The Labute approximate surface area is 95.5 Å². The molecule has 1 rings (SSSR count). The summed E-state index contributed by atoms with van der Waals surface area (Å²) in [7, 11) is 0. The fraction of sp³-hybridized carbons (Fsp3) is 0.417. The lowest BCUT2D eigenvalue weighted by Gasteiger charge is -2.13. The smallest absolute Gasteiger partial charge is 0.320 e. The number of anilines is 1. The van der Waals surface area contributed by atoms with Crippen LogP contribution in [-0.4, -0.2) is 23.7 Å². The third-order valence-electron chi connectivity index (χ3n) is 2.56. The average molecular weight is 222 g/mol. The van der Waals surface area contributed by atoms with Crippen LogP contribution >= 0.6 is 0 Å². The van der Waals surface area contributed by atoms with E-state index in [-0.39, 0.29) is 0 Å². The number of aliphatic carboxylic acids is 1. The van der Waals surface area contributed by atoms with E-state index in [2.05, 4.69) is 5.32 Å². The van der Waals surface area contributed by atoms with Crippen LogP contribution in [0.15, 0.2) is 18.2 Å².